The lowest BCUT2D eigenvalue weighted by atomic mass is 10.3. The fraction of sp³-hybridized carbons (Fsp3) is 1.00. The van der Waals surface area contributed by atoms with Crippen molar-refractivity contribution in [3.05, 3.63) is 0 Å². The average Bonchev–Trinajstić information content (AvgIpc) is 2.16. The Morgan fingerprint density at radius 2 is 1.36 bits per heavy atom. The summed E-state index contributed by atoms with van der Waals surface area (Å²) in [7, 11) is 0. The number of rotatable bonds is 7. The molecule has 0 amide bonds. The maximum absolute atomic E-state index is 9.32. The van der Waals surface area contributed by atoms with Crippen molar-refractivity contribution in [1.29, 1.82) is 0 Å². The Morgan fingerprint density at radius 3 is 1.57 bits per heavy atom. The quantitative estimate of drug-likeness (QED) is 0.431. The Balaban J connectivity index is 4.02. The molecule has 0 saturated heterocycles. The number of nitrogens with zero attached hydrogens (tertiary/aromatic N) is 1. The van der Waals surface area contributed by atoms with Gasteiger partial charge in [-0.25, -0.2) is 0 Å². The lowest BCUT2D eigenvalue weighted by Crippen LogP contribution is -2.44. The van der Waals surface area contributed by atoms with Crippen molar-refractivity contribution < 1.29 is 15.3 Å². The largest absolute Gasteiger partial charge is 0.391 e. The van der Waals surface area contributed by atoms with Crippen LogP contribution in [0.15, 0.2) is 0 Å². The summed E-state index contributed by atoms with van der Waals surface area (Å²) < 4.78 is 0. The SMILES string of the molecule is CC(O)N(CC(O)CCl)CC(O)CCl. The standard InChI is InChI=1S/C8H17Cl2NO3/c1-6(12)11(4-7(13)2-9)5-8(14)3-10/h6-8,12-14H,2-5H2,1H3. The molecule has 0 aliphatic rings. The summed E-state index contributed by atoms with van der Waals surface area (Å²) in [6.45, 7) is 1.99. The summed E-state index contributed by atoms with van der Waals surface area (Å²) in [5, 5.41) is 27.8. The van der Waals surface area contributed by atoms with Crippen LogP contribution in [0, 0.1) is 0 Å². The fourth-order valence-corrected chi connectivity index (χ4v) is 1.21. The van der Waals surface area contributed by atoms with Gasteiger partial charge in [-0.15, -0.1) is 23.2 Å². The molecule has 0 aliphatic carbocycles. The maximum Gasteiger partial charge on any atom is 0.104 e. The van der Waals surface area contributed by atoms with Crippen LogP contribution in [0.5, 0.6) is 0 Å². The normalized spacial score (nSPS) is 18.2. The second-order valence-electron chi connectivity index (χ2n) is 3.20. The zero-order chi connectivity index (χ0) is 11.1. The van der Waals surface area contributed by atoms with Gasteiger partial charge in [-0.2, -0.15) is 0 Å². The van der Waals surface area contributed by atoms with E-state index in [1.54, 1.807) is 6.92 Å². The lowest BCUT2D eigenvalue weighted by molar-refractivity contribution is -0.0270. The van der Waals surface area contributed by atoms with Gasteiger partial charge in [0.15, 0.2) is 0 Å². The molecule has 0 aromatic heterocycles. The molecule has 3 N–H and O–H groups in total. The molecule has 3 unspecified atom stereocenters. The first kappa shape index (κ1) is 14.4. The van der Waals surface area contributed by atoms with E-state index < -0.39 is 18.4 Å². The maximum atomic E-state index is 9.32. The Bertz CT molecular complexity index is 137. The van der Waals surface area contributed by atoms with E-state index in [0.29, 0.717) is 0 Å². The second-order valence-corrected chi connectivity index (χ2v) is 3.82. The molecule has 0 fully saturated rings. The molecule has 0 heterocycles. The van der Waals surface area contributed by atoms with E-state index in [-0.39, 0.29) is 24.8 Å². The zero-order valence-electron chi connectivity index (χ0n) is 8.11. The summed E-state index contributed by atoms with van der Waals surface area (Å²) in [5.74, 6) is 0.195. The molecular weight excluding hydrogens is 229 g/mol. The minimum absolute atomic E-state index is 0.0974. The van der Waals surface area contributed by atoms with E-state index in [0.717, 1.165) is 0 Å². The zero-order valence-corrected chi connectivity index (χ0v) is 9.62. The average molecular weight is 246 g/mol. The van der Waals surface area contributed by atoms with Gasteiger partial charge < -0.3 is 15.3 Å². The summed E-state index contributed by atoms with van der Waals surface area (Å²) in [4.78, 5) is 1.51. The summed E-state index contributed by atoms with van der Waals surface area (Å²) in [5.41, 5.74) is 0. The summed E-state index contributed by atoms with van der Waals surface area (Å²) >= 11 is 10.8. The molecule has 0 aliphatic heterocycles. The van der Waals surface area contributed by atoms with E-state index >= 15 is 0 Å². The lowest BCUT2D eigenvalue weighted by Gasteiger charge is -2.28. The first-order valence-electron chi connectivity index (χ1n) is 4.41. The number of hydrogen-bond acceptors (Lipinski definition) is 4. The minimum atomic E-state index is -0.745. The molecule has 0 radical (unpaired) electrons. The van der Waals surface area contributed by atoms with E-state index in [2.05, 4.69) is 0 Å². The fourth-order valence-electron chi connectivity index (χ4n) is 1.02. The third-order valence-corrected chi connectivity index (χ3v) is 2.49. The minimum Gasteiger partial charge on any atom is -0.391 e. The van der Waals surface area contributed by atoms with Crippen LogP contribution in [0.4, 0.5) is 0 Å². The molecule has 0 rings (SSSR count). The Morgan fingerprint density at radius 1 is 1.00 bits per heavy atom. The van der Waals surface area contributed by atoms with Crippen LogP contribution in [-0.4, -0.2) is 63.5 Å². The third kappa shape index (κ3) is 6.01. The van der Waals surface area contributed by atoms with Crippen LogP contribution in [0.25, 0.3) is 0 Å². The van der Waals surface area contributed by atoms with Gasteiger partial charge in [0.25, 0.3) is 0 Å². The van der Waals surface area contributed by atoms with Gasteiger partial charge in [-0.1, -0.05) is 0 Å². The van der Waals surface area contributed by atoms with Crippen molar-refractivity contribution in [1.82, 2.24) is 4.90 Å². The molecule has 6 heteroatoms. The molecule has 0 spiro atoms. The van der Waals surface area contributed by atoms with Gasteiger partial charge in [0, 0.05) is 24.8 Å². The molecule has 4 nitrogen and oxygen atoms in total. The van der Waals surface area contributed by atoms with E-state index in [4.69, 9.17) is 23.2 Å². The number of alkyl halides is 2. The number of hydrogen-bond donors (Lipinski definition) is 3. The van der Waals surface area contributed by atoms with Gasteiger partial charge in [0.05, 0.1) is 12.2 Å². The van der Waals surface area contributed by atoms with Gasteiger partial charge in [0.2, 0.25) is 0 Å². The van der Waals surface area contributed by atoms with Crippen molar-refractivity contribution in [3.8, 4) is 0 Å². The molecule has 0 aromatic rings. The second kappa shape index (κ2) is 7.68. The molecular formula is C8H17Cl2NO3. The predicted octanol–water partition coefficient (Wildman–Crippen LogP) is -0.174. The molecule has 0 aromatic carbocycles. The van der Waals surface area contributed by atoms with Crippen LogP contribution in [-0.2, 0) is 0 Å². The van der Waals surface area contributed by atoms with Crippen LogP contribution < -0.4 is 0 Å². The van der Waals surface area contributed by atoms with Crippen molar-refractivity contribution in [2.24, 2.45) is 0 Å². The monoisotopic (exact) mass is 245 g/mol. The topological polar surface area (TPSA) is 63.9 Å². The molecule has 14 heavy (non-hydrogen) atoms. The highest BCUT2D eigenvalue weighted by molar-refractivity contribution is 6.18. The van der Waals surface area contributed by atoms with Crippen LogP contribution >= 0.6 is 23.2 Å². The van der Waals surface area contributed by atoms with Crippen molar-refractivity contribution in [2.45, 2.75) is 25.4 Å². The highest BCUT2D eigenvalue weighted by Gasteiger charge is 2.18. The summed E-state index contributed by atoms with van der Waals surface area (Å²) in [6.07, 6.45) is -2.17. The van der Waals surface area contributed by atoms with E-state index in [9.17, 15) is 15.3 Å². The smallest absolute Gasteiger partial charge is 0.104 e. The number of aliphatic hydroxyl groups is 3. The van der Waals surface area contributed by atoms with E-state index in [1.807, 2.05) is 0 Å². The third-order valence-electron chi connectivity index (χ3n) is 1.78. The Labute approximate surface area is 94.0 Å². The Hall–Kier alpha value is 0.420. The van der Waals surface area contributed by atoms with Crippen LogP contribution in [0.2, 0.25) is 0 Å². The van der Waals surface area contributed by atoms with Gasteiger partial charge >= 0.3 is 0 Å². The first-order valence-corrected chi connectivity index (χ1v) is 5.48. The highest BCUT2D eigenvalue weighted by Crippen LogP contribution is 2.02. The van der Waals surface area contributed by atoms with Crippen LogP contribution in [0.1, 0.15) is 6.92 Å². The number of aliphatic hydroxyl groups excluding tert-OH is 3. The van der Waals surface area contributed by atoms with Gasteiger partial charge in [0.1, 0.15) is 6.23 Å². The first-order chi connectivity index (χ1) is 6.51. The van der Waals surface area contributed by atoms with E-state index in [1.165, 1.54) is 4.90 Å². The van der Waals surface area contributed by atoms with Gasteiger partial charge in [-0.3, -0.25) is 4.90 Å². The van der Waals surface area contributed by atoms with Crippen molar-refractivity contribution >= 4 is 23.2 Å². The van der Waals surface area contributed by atoms with Crippen LogP contribution in [0.3, 0.4) is 0 Å². The van der Waals surface area contributed by atoms with Gasteiger partial charge in [-0.05, 0) is 6.92 Å². The number of halogens is 2. The highest BCUT2D eigenvalue weighted by atomic mass is 35.5. The Kier molecular flexibility index (Phi) is 7.91. The van der Waals surface area contributed by atoms with Crippen molar-refractivity contribution in [2.75, 3.05) is 24.8 Å². The van der Waals surface area contributed by atoms with Crippen molar-refractivity contribution in [3.63, 3.8) is 0 Å². The molecule has 0 saturated carbocycles. The predicted molar refractivity (Wildman–Crippen MR) is 56.7 cm³/mol. The molecule has 86 valence electrons. The summed E-state index contributed by atoms with van der Waals surface area (Å²) in [6, 6.07) is 0. The molecule has 0 bridgehead atoms. The molecule has 3 atom stereocenters.